The Morgan fingerprint density at radius 2 is 1.61 bits per heavy atom. The smallest absolute Gasteiger partial charge is 0.355 e. The zero-order chi connectivity index (χ0) is 51.3. The third kappa shape index (κ3) is 11.1. The Balaban J connectivity index is 0.670. The quantitative estimate of drug-likeness (QED) is 0.0333. The number of amides is 3. The van der Waals surface area contributed by atoms with E-state index < -0.39 is 17.8 Å². The van der Waals surface area contributed by atoms with Gasteiger partial charge in [-0.15, -0.1) is 0 Å². The molecule has 74 heavy (non-hydrogen) atoms. The molecule has 1 atom stereocenters. The highest BCUT2D eigenvalue weighted by Crippen LogP contribution is 2.36. The van der Waals surface area contributed by atoms with Crippen LogP contribution in [-0.2, 0) is 22.6 Å². The number of carbonyl (C=O) groups is 4. The summed E-state index contributed by atoms with van der Waals surface area (Å²) in [5.74, 6) is -0.677. The molecule has 0 bridgehead atoms. The Hall–Kier alpha value is -7.21. The first-order valence-electron chi connectivity index (χ1n) is 25.9. The van der Waals surface area contributed by atoms with Gasteiger partial charge in [0.1, 0.15) is 11.6 Å². The Bertz CT molecular complexity index is 3060. The first kappa shape index (κ1) is 50.3. The van der Waals surface area contributed by atoms with Crippen molar-refractivity contribution in [3.63, 3.8) is 0 Å². The highest BCUT2D eigenvalue weighted by Gasteiger charge is 2.32. The van der Waals surface area contributed by atoms with Gasteiger partial charge in [0.05, 0.1) is 28.5 Å². The SMILES string of the molecule is CNc1cc(N2CCN(CCN3CCC(CCCOc4cccc(-c5ccc(N6CCc7cccc(C(=O)Nc8nc9ccccc9s8)c7C6)nc5C(=O)O)c4C)CC3)CC2)ccc1C(=N)C1CCC(=O)NC1=O. The first-order valence-corrected chi connectivity index (χ1v) is 26.7. The molecule has 1 unspecified atom stereocenters. The van der Waals surface area contributed by atoms with Gasteiger partial charge in [-0.2, -0.15) is 0 Å². The zero-order valence-electron chi connectivity index (χ0n) is 42.1. The van der Waals surface area contributed by atoms with Gasteiger partial charge < -0.3 is 35.3 Å². The summed E-state index contributed by atoms with van der Waals surface area (Å²) in [4.78, 5) is 69.5. The fraction of sp³-hybridized carbons (Fsp3) is 0.386. The monoisotopic (exact) mass is 1020 g/mol. The van der Waals surface area contributed by atoms with Crippen molar-refractivity contribution in [2.24, 2.45) is 11.8 Å². The number of aromatic carboxylic acids is 1. The average molecular weight is 1020 g/mol. The van der Waals surface area contributed by atoms with Crippen LogP contribution in [0.2, 0.25) is 0 Å². The van der Waals surface area contributed by atoms with Gasteiger partial charge in [0.15, 0.2) is 10.8 Å². The third-order valence-electron chi connectivity index (χ3n) is 15.4. The second kappa shape index (κ2) is 22.5. The molecule has 0 saturated carbocycles. The average Bonchev–Trinajstić information content (AvgIpc) is 3.84. The summed E-state index contributed by atoms with van der Waals surface area (Å²) >= 11 is 1.44. The number of piperidine rings is 2. The molecular formula is C57H64N10O6S. The summed E-state index contributed by atoms with van der Waals surface area (Å²) in [5, 5.41) is 28.4. The van der Waals surface area contributed by atoms with Crippen LogP contribution in [0, 0.1) is 24.2 Å². The summed E-state index contributed by atoms with van der Waals surface area (Å²) in [6.07, 6.45) is 5.71. The Kier molecular flexibility index (Phi) is 15.3. The standard InChI is InChI=1S/C57H64N10O6S/c1-36-40(41-17-19-50(61-53(41)56(71)72)67-26-23-38-9-5-11-42(45(38)35-67)54(69)63-57-60-46-12-3-4-14-49(46)74-57)10-6-13-48(36)73-33-7-8-37-21-24-64(25-22-37)27-28-65-29-31-66(32-30-65)39-15-16-43(47(34-39)59-2)52(58)44-18-20-51(68)62-55(44)70/h3-6,9-17,19,34,37,44,58-59H,7-8,18,20-33,35H2,1-2H3,(H,71,72)(H,60,63,69)(H,62,68,70). The number of ether oxygens (including phenoxy) is 1. The number of rotatable bonds is 17. The van der Waals surface area contributed by atoms with Crippen LogP contribution in [-0.4, -0.2) is 127 Å². The van der Waals surface area contributed by atoms with Crippen molar-refractivity contribution >= 4 is 73.3 Å². The zero-order valence-corrected chi connectivity index (χ0v) is 42.9. The van der Waals surface area contributed by atoms with Crippen LogP contribution < -0.4 is 30.5 Å². The second-order valence-electron chi connectivity index (χ2n) is 19.9. The Labute approximate surface area is 435 Å². The van der Waals surface area contributed by atoms with E-state index in [0.29, 0.717) is 66.1 Å². The van der Waals surface area contributed by atoms with Gasteiger partial charge in [0.2, 0.25) is 11.8 Å². The number of pyridine rings is 1. The fourth-order valence-corrected chi connectivity index (χ4v) is 11.9. The number of benzene rings is 4. The van der Waals surface area contributed by atoms with E-state index in [2.05, 4.69) is 41.7 Å². The molecule has 6 aromatic rings. The predicted octanol–water partition coefficient (Wildman–Crippen LogP) is 8.34. The third-order valence-corrected chi connectivity index (χ3v) is 16.3. The van der Waals surface area contributed by atoms with Crippen molar-refractivity contribution in [3.8, 4) is 16.9 Å². The number of hydrogen-bond donors (Lipinski definition) is 5. The molecule has 4 aromatic carbocycles. The van der Waals surface area contributed by atoms with Crippen LogP contribution in [0.3, 0.4) is 0 Å². The van der Waals surface area contributed by atoms with Crippen molar-refractivity contribution in [2.45, 2.75) is 58.4 Å². The van der Waals surface area contributed by atoms with E-state index in [1.165, 1.54) is 24.2 Å². The van der Waals surface area contributed by atoms with Crippen LogP contribution in [0.4, 0.5) is 22.3 Å². The summed E-state index contributed by atoms with van der Waals surface area (Å²) in [6, 6.07) is 29.1. The normalized spacial score (nSPS) is 17.7. The minimum absolute atomic E-state index is 0.0270. The molecule has 4 aliphatic rings. The molecule has 0 spiro atoms. The molecule has 16 nitrogen and oxygen atoms in total. The number of fused-ring (bicyclic) bond motifs is 2. The van der Waals surface area contributed by atoms with Crippen LogP contribution in [0.25, 0.3) is 21.3 Å². The molecule has 10 rings (SSSR count). The maximum Gasteiger partial charge on any atom is 0.355 e. The number of carboxylic acids is 1. The van der Waals surface area contributed by atoms with E-state index in [9.17, 15) is 24.3 Å². The summed E-state index contributed by atoms with van der Waals surface area (Å²) < 4.78 is 7.38. The van der Waals surface area contributed by atoms with Crippen molar-refractivity contribution in [1.82, 2.24) is 25.1 Å². The lowest BCUT2D eigenvalue weighted by atomic mass is 9.88. The van der Waals surface area contributed by atoms with Gasteiger partial charge in [-0.3, -0.25) is 29.9 Å². The number of imide groups is 1. The van der Waals surface area contributed by atoms with Crippen molar-refractivity contribution < 1.29 is 29.0 Å². The van der Waals surface area contributed by atoms with Gasteiger partial charge in [0.25, 0.3) is 5.91 Å². The van der Waals surface area contributed by atoms with E-state index in [0.717, 1.165) is 115 Å². The second-order valence-corrected chi connectivity index (χ2v) is 20.9. The molecule has 3 saturated heterocycles. The van der Waals surface area contributed by atoms with E-state index in [-0.39, 0.29) is 29.6 Å². The number of anilines is 4. The van der Waals surface area contributed by atoms with Crippen LogP contribution in [0.1, 0.15) is 81.6 Å². The number of thiazole rings is 1. The largest absolute Gasteiger partial charge is 0.493 e. The number of piperazine rings is 1. The summed E-state index contributed by atoms with van der Waals surface area (Å²) in [7, 11) is 1.84. The number of para-hydroxylation sites is 1. The maximum atomic E-state index is 13.6. The van der Waals surface area contributed by atoms with Crippen LogP contribution >= 0.6 is 11.3 Å². The number of hydrogen-bond acceptors (Lipinski definition) is 14. The lowest BCUT2D eigenvalue weighted by Crippen LogP contribution is -2.49. The minimum atomic E-state index is -1.11. The molecular weight excluding hydrogens is 953 g/mol. The van der Waals surface area contributed by atoms with Gasteiger partial charge in [-0.25, -0.2) is 14.8 Å². The molecule has 17 heteroatoms. The predicted molar refractivity (Wildman–Crippen MR) is 291 cm³/mol. The number of nitrogens with one attached hydrogen (secondary N) is 4. The van der Waals surface area contributed by atoms with Gasteiger partial charge in [-0.1, -0.05) is 47.7 Å². The number of carbonyl (C=O) groups excluding carboxylic acids is 3. The highest BCUT2D eigenvalue weighted by molar-refractivity contribution is 7.22. The van der Waals surface area contributed by atoms with E-state index >= 15 is 0 Å². The molecule has 0 aliphatic carbocycles. The molecule has 0 radical (unpaired) electrons. The van der Waals surface area contributed by atoms with E-state index in [4.69, 9.17) is 15.1 Å². The maximum absolute atomic E-state index is 13.6. The molecule has 3 fully saturated rings. The van der Waals surface area contributed by atoms with Gasteiger partial charge >= 0.3 is 5.97 Å². The van der Waals surface area contributed by atoms with E-state index in [1.54, 1.807) is 0 Å². The molecule has 5 N–H and O–H groups in total. The van der Waals surface area contributed by atoms with Gasteiger partial charge in [-0.05, 0) is 141 Å². The Morgan fingerprint density at radius 1 is 0.824 bits per heavy atom. The summed E-state index contributed by atoms with van der Waals surface area (Å²) in [6.45, 7) is 11.7. The highest BCUT2D eigenvalue weighted by atomic mass is 32.1. The van der Waals surface area contributed by atoms with Crippen molar-refractivity contribution in [1.29, 1.82) is 5.41 Å². The van der Waals surface area contributed by atoms with Gasteiger partial charge in [0, 0.05) is 93.9 Å². The Morgan fingerprint density at radius 3 is 2.38 bits per heavy atom. The lowest BCUT2D eigenvalue weighted by Gasteiger charge is -2.38. The minimum Gasteiger partial charge on any atom is -0.493 e. The number of likely N-dealkylation sites (tertiary alicyclic amines) is 1. The molecule has 384 valence electrons. The molecule has 6 heterocycles. The van der Waals surface area contributed by atoms with Crippen molar-refractivity contribution in [3.05, 3.63) is 125 Å². The molecule has 2 aromatic heterocycles. The number of aromatic nitrogens is 2. The first-order chi connectivity index (χ1) is 36.0. The van der Waals surface area contributed by atoms with Crippen LogP contribution in [0.5, 0.6) is 5.75 Å². The fourth-order valence-electron chi connectivity index (χ4n) is 11.0. The van der Waals surface area contributed by atoms with Crippen molar-refractivity contribution in [2.75, 3.05) is 93.0 Å². The van der Waals surface area contributed by atoms with Crippen LogP contribution in [0.15, 0.2) is 91.0 Å². The molecule has 4 aliphatic heterocycles. The summed E-state index contributed by atoms with van der Waals surface area (Å²) in [5.41, 5.74) is 8.38. The van der Waals surface area contributed by atoms with E-state index in [1.807, 2.05) is 104 Å². The number of nitrogens with zero attached hydrogens (tertiary/aromatic N) is 6. The lowest BCUT2D eigenvalue weighted by molar-refractivity contribution is -0.134. The number of carboxylic acid groups (broad SMARTS) is 1. The molecule has 3 amide bonds. The topological polar surface area (TPSA) is 196 Å².